The topological polar surface area (TPSA) is 122 Å². The van der Waals surface area contributed by atoms with Crippen molar-refractivity contribution in [3.63, 3.8) is 0 Å². The molecular weight excluding hydrogens is 322 g/mol. The molecule has 7 heteroatoms. The van der Waals surface area contributed by atoms with Crippen LogP contribution in [0.5, 0.6) is 0 Å². The van der Waals surface area contributed by atoms with Gasteiger partial charge in [0.1, 0.15) is 12.1 Å². The predicted molar refractivity (Wildman–Crippen MR) is 97.8 cm³/mol. The molecule has 5 N–H and O–H groups in total. The minimum absolute atomic E-state index is 0.00692. The zero-order valence-corrected chi connectivity index (χ0v) is 16.3. The van der Waals surface area contributed by atoms with E-state index in [1.54, 1.807) is 6.92 Å². The normalized spacial score (nSPS) is 18.4. The SMILES string of the molecule is CC[C@@H](C)[C@H](NC(=O)[C@@H](N)[C@@H](C)CC)C(=O)N[C@H](C(=O)O)[C@@H](C)CC. The first kappa shape index (κ1) is 23.4. The van der Waals surface area contributed by atoms with Crippen molar-refractivity contribution in [3.8, 4) is 0 Å². The standard InChI is InChI=1S/C18H35N3O4/c1-7-10(4)13(19)16(22)20-14(11(5)8-2)17(23)21-15(18(24)25)12(6)9-3/h10-15H,7-9,19H2,1-6H3,(H,20,22)(H,21,23)(H,24,25)/t10-,11+,12-,13-,14-,15-/m0/s1. The third-order valence-electron chi connectivity index (χ3n) is 5.13. The predicted octanol–water partition coefficient (Wildman–Crippen LogP) is 1.51. The van der Waals surface area contributed by atoms with Crippen molar-refractivity contribution >= 4 is 17.8 Å². The van der Waals surface area contributed by atoms with Gasteiger partial charge in [0.25, 0.3) is 0 Å². The summed E-state index contributed by atoms with van der Waals surface area (Å²) >= 11 is 0. The number of carboxylic acid groups (broad SMARTS) is 1. The van der Waals surface area contributed by atoms with Crippen LogP contribution >= 0.6 is 0 Å². The highest BCUT2D eigenvalue weighted by Gasteiger charge is 2.33. The molecule has 0 aliphatic rings. The van der Waals surface area contributed by atoms with Crippen LogP contribution in [0.4, 0.5) is 0 Å². The summed E-state index contributed by atoms with van der Waals surface area (Å²) in [5, 5.41) is 14.6. The van der Waals surface area contributed by atoms with Crippen molar-refractivity contribution in [1.29, 1.82) is 0 Å². The Balaban J connectivity index is 5.23. The Kier molecular flexibility index (Phi) is 10.4. The van der Waals surface area contributed by atoms with Crippen LogP contribution in [-0.2, 0) is 14.4 Å². The smallest absolute Gasteiger partial charge is 0.326 e. The average Bonchev–Trinajstić information content (AvgIpc) is 2.60. The summed E-state index contributed by atoms with van der Waals surface area (Å²) in [6, 6.07) is -2.49. The van der Waals surface area contributed by atoms with Gasteiger partial charge in [-0.15, -0.1) is 0 Å². The second-order valence-corrected chi connectivity index (χ2v) is 6.99. The number of aliphatic carboxylic acids is 1. The van der Waals surface area contributed by atoms with Crippen molar-refractivity contribution in [2.24, 2.45) is 23.5 Å². The fourth-order valence-corrected chi connectivity index (χ4v) is 2.39. The molecule has 6 atom stereocenters. The number of rotatable bonds is 11. The lowest BCUT2D eigenvalue weighted by Crippen LogP contribution is -2.58. The molecule has 0 fully saturated rings. The Bertz CT molecular complexity index is 456. The van der Waals surface area contributed by atoms with E-state index in [1.165, 1.54) is 0 Å². The molecule has 0 radical (unpaired) electrons. The number of nitrogens with two attached hydrogens (primary N) is 1. The summed E-state index contributed by atoms with van der Waals surface area (Å²) in [5.74, 6) is -2.30. The van der Waals surface area contributed by atoms with Crippen molar-refractivity contribution in [1.82, 2.24) is 10.6 Å². The lowest BCUT2D eigenvalue weighted by molar-refractivity contribution is -0.144. The third kappa shape index (κ3) is 7.02. The number of carboxylic acids is 1. The van der Waals surface area contributed by atoms with E-state index in [2.05, 4.69) is 10.6 Å². The summed E-state index contributed by atoms with van der Waals surface area (Å²) < 4.78 is 0. The fourth-order valence-electron chi connectivity index (χ4n) is 2.39. The van der Waals surface area contributed by atoms with E-state index in [9.17, 15) is 19.5 Å². The van der Waals surface area contributed by atoms with Gasteiger partial charge >= 0.3 is 5.97 Å². The summed E-state index contributed by atoms with van der Waals surface area (Å²) in [5.41, 5.74) is 5.94. The molecule has 0 spiro atoms. The molecule has 146 valence electrons. The monoisotopic (exact) mass is 357 g/mol. The molecule has 0 saturated carbocycles. The third-order valence-corrected chi connectivity index (χ3v) is 5.13. The van der Waals surface area contributed by atoms with Gasteiger partial charge < -0.3 is 21.5 Å². The Hall–Kier alpha value is -1.63. The number of nitrogens with one attached hydrogen (secondary N) is 2. The number of hydrogen-bond acceptors (Lipinski definition) is 4. The molecule has 0 heterocycles. The summed E-state index contributed by atoms with van der Waals surface area (Å²) in [6.45, 7) is 11.2. The molecule has 0 unspecified atom stereocenters. The quantitative estimate of drug-likeness (QED) is 0.446. The zero-order valence-electron chi connectivity index (χ0n) is 16.3. The molecule has 0 rings (SSSR count). The van der Waals surface area contributed by atoms with E-state index in [1.807, 2.05) is 34.6 Å². The van der Waals surface area contributed by atoms with Crippen LogP contribution in [0.2, 0.25) is 0 Å². The number of hydrogen-bond donors (Lipinski definition) is 4. The van der Waals surface area contributed by atoms with E-state index in [4.69, 9.17) is 5.73 Å². The Morgan fingerprint density at radius 1 is 0.800 bits per heavy atom. The van der Waals surface area contributed by atoms with Gasteiger partial charge in [-0.1, -0.05) is 60.8 Å². The van der Waals surface area contributed by atoms with Crippen LogP contribution in [0.15, 0.2) is 0 Å². The van der Waals surface area contributed by atoms with Crippen LogP contribution in [-0.4, -0.2) is 41.0 Å². The van der Waals surface area contributed by atoms with Gasteiger partial charge in [-0.3, -0.25) is 9.59 Å². The van der Waals surface area contributed by atoms with Crippen LogP contribution in [0.1, 0.15) is 60.8 Å². The van der Waals surface area contributed by atoms with Crippen LogP contribution in [0.25, 0.3) is 0 Å². The van der Waals surface area contributed by atoms with Gasteiger partial charge in [0.2, 0.25) is 11.8 Å². The first-order valence-corrected chi connectivity index (χ1v) is 9.19. The molecule has 0 aliphatic heterocycles. The molecular formula is C18H35N3O4. The average molecular weight is 357 g/mol. The number of carbonyl (C=O) groups excluding carboxylic acids is 2. The van der Waals surface area contributed by atoms with Crippen LogP contribution in [0.3, 0.4) is 0 Å². The van der Waals surface area contributed by atoms with Gasteiger partial charge in [0.15, 0.2) is 0 Å². The lowest BCUT2D eigenvalue weighted by Gasteiger charge is -2.29. The van der Waals surface area contributed by atoms with Crippen molar-refractivity contribution in [2.45, 2.75) is 78.9 Å². The highest BCUT2D eigenvalue weighted by molar-refractivity contribution is 5.92. The van der Waals surface area contributed by atoms with Gasteiger partial charge in [-0.2, -0.15) is 0 Å². The Morgan fingerprint density at radius 3 is 1.60 bits per heavy atom. The van der Waals surface area contributed by atoms with Crippen LogP contribution < -0.4 is 16.4 Å². The van der Waals surface area contributed by atoms with E-state index >= 15 is 0 Å². The van der Waals surface area contributed by atoms with E-state index in [-0.39, 0.29) is 23.7 Å². The fraction of sp³-hybridized carbons (Fsp3) is 0.833. The Labute approximate surface area is 151 Å². The van der Waals surface area contributed by atoms with Gasteiger partial charge in [-0.25, -0.2) is 4.79 Å². The first-order valence-electron chi connectivity index (χ1n) is 9.19. The molecule has 0 aliphatic carbocycles. The minimum atomic E-state index is -1.08. The summed E-state index contributed by atoms with van der Waals surface area (Å²) in [7, 11) is 0. The summed E-state index contributed by atoms with van der Waals surface area (Å²) in [4.78, 5) is 36.4. The van der Waals surface area contributed by atoms with E-state index in [0.29, 0.717) is 12.8 Å². The highest BCUT2D eigenvalue weighted by Crippen LogP contribution is 2.13. The van der Waals surface area contributed by atoms with Crippen molar-refractivity contribution in [2.75, 3.05) is 0 Å². The molecule has 0 saturated heterocycles. The molecule has 0 aromatic rings. The molecule has 0 aromatic heterocycles. The maximum atomic E-state index is 12.6. The van der Waals surface area contributed by atoms with Gasteiger partial charge in [0, 0.05) is 0 Å². The van der Waals surface area contributed by atoms with Gasteiger partial charge in [0.05, 0.1) is 6.04 Å². The maximum absolute atomic E-state index is 12.6. The molecule has 7 nitrogen and oxygen atoms in total. The largest absolute Gasteiger partial charge is 0.480 e. The van der Waals surface area contributed by atoms with Crippen molar-refractivity contribution in [3.05, 3.63) is 0 Å². The number of amides is 2. The maximum Gasteiger partial charge on any atom is 0.326 e. The summed E-state index contributed by atoms with van der Waals surface area (Å²) in [6.07, 6.45) is 2.04. The van der Waals surface area contributed by atoms with E-state index in [0.717, 1.165) is 6.42 Å². The van der Waals surface area contributed by atoms with Crippen LogP contribution in [0, 0.1) is 17.8 Å². The minimum Gasteiger partial charge on any atom is -0.480 e. The van der Waals surface area contributed by atoms with Crippen molar-refractivity contribution < 1.29 is 19.5 Å². The molecule has 2 amide bonds. The zero-order chi connectivity index (χ0) is 19.7. The molecule has 25 heavy (non-hydrogen) atoms. The second kappa shape index (κ2) is 11.1. The number of carbonyl (C=O) groups is 3. The first-order chi connectivity index (χ1) is 11.6. The second-order valence-electron chi connectivity index (χ2n) is 6.99. The molecule has 0 bridgehead atoms. The molecule has 0 aromatic carbocycles. The van der Waals surface area contributed by atoms with E-state index < -0.39 is 30.0 Å². The lowest BCUT2D eigenvalue weighted by atomic mass is 9.94. The highest BCUT2D eigenvalue weighted by atomic mass is 16.4. The van der Waals surface area contributed by atoms with Gasteiger partial charge in [-0.05, 0) is 17.8 Å². The Morgan fingerprint density at radius 2 is 1.20 bits per heavy atom.